The number of hydrogen-bond acceptors (Lipinski definition) is 7. The fourth-order valence-corrected chi connectivity index (χ4v) is 4.86. The number of carbonyl (C=O) groups is 1. The number of rotatable bonds is 5. The van der Waals surface area contributed by atoms with E-state index in [4.69, 9.17) is 16.3 Å². The zero-order chi connectivity index (χ0) is 25.3. The van der Waals surface area contributed by atoms with Gasteiger partial charge in [0.2, 0.25) is 5.91 Å². The zero-order valence-corrected chi connectivity index (χ0v) is 21.5. The summed E-state index contributed by atoms with van der Waals surface area (Å²) in [7, 11) is -1.99. The SMILES string of the molecule is CCOC1(c2cc3c(Cl)nc(C)c(C#CCOS(C)(=O)=O)c3n(C)c2=O)CCN(C(C)=O)CC1. The van der Waals surface area contributed by atoms with Crippen LogP contribution >= 0.6 is 11.6 Å². The number of fused-ring (bicyclic) bond motifs is 1. The summed E-state index contributed by atoms with van der Waals surface area (Å²) in [6.07, 6.45) is 1.90. The normalized spacial score (nSPS) is 15.8. The van der Waals surface area contributed by atoms with Crippen molar-refractivity contribution in [1.82, 2.24) is 14.5 Å². The van der Waals surface area contributed by atoms with E-state index in [1.807, 2.05) is 6.92 Å². The summed E-state index contributed by atoms with van der Waals surface area (Å²) >= 11 is 6.51. The van der Waals surface area contributed by atoms with Crippen molar-refractivity contribution in [2.75, 3.05) is 32.6 Å². The first-order valence-corrected chi connectivity index (χ1v) is 13.0. The van der Waals surface area contributed by atoms with E-state index in [0.29, 0.717) is 60.3 Å². The molecule has 11 heteroatoms. The summed E-state index contributed by atoms with van der Waals surface area (Å²) in [6, 6.07) is 1.71. The van der Waals surface area contributed by atoms with E-state index < -0.39 is 15.7 Å². The lowest BCUT2D eigenvalue weighted by Gasteiger charge is -2.41. The standard InChI is InChI=1S/C23H28ClN3O6S/c1-6-32-23(9-11-27(12-10-23)16(3)28)19-14-18-20(26(4)22(19)29)17(15(2)25-21(18)24)8-7-13-33-34(5,30)31/h14H,6,9-13H2,1-5H3. The predicted molar refractivity (Wildman–Crippen MR) is 129 cm³/mol. The molecule has 1 aliphatic heterocycles. The van der Waals surface area contributed by atoms with Gasteiger partial charge >= 0.3 is 0 Å². The Kier molecular flexibility index (Phi) is 7.72. The Bertz CT molecular complexity index is 1350. The minimum Gasteiger partial charge on any atom is -0.370 e. The zero-order valence-electron chi connectivity index (χ0n) is 19.9. The van der Waals surface area contributed by atoms with Crippen molar-refractivity contribution in [3.05, 3.63) is 38.4 Å². The van der Waals surface area contributed by atoms with E-state index in [-0.39, 0.29) is 23.2 Å². The lowest BCUT2D eigenvalue weighted by Crippen LogP contribution is -2.48. The maximum Gasteiger partial charge on any atom is 0.265 e. The molecule has 0 spiro atoms. The number of ether oxygens (including phenoxy) is 1. The molecule has 34 heavy (non-hydrogen) atoms. The van der Waals surface area contributed by atoms with E-state index in [1.54, 1.807) is 24.9 Å². The number of likely N-dealkylation sites (tertiary alicyclic amines) is 1. The fourth-order valence-electron chi connectivity index (χ4n) is 4.32. The van der Waals surface area contributed by atoms with Crippen molar-refractivity contribution in [2.45, 2.75) is 39.2 Å². The van der Waals surface area contributed by atoms with Gasteiger partial charge < -0.3 is 14.2 Å². The summed E-state index contributed by atoms with van der Waals surface area (Å²) < 4.78 is 34.7. The van der Waals surface area contributed by atoms with Crippen LogP contribution in [-0.4, -0.2) is 61.3 Å². The van der Waals surface area contributed by atoms with Gasteiger partial charge in [-0.1, -0.05) is 23.4 Å². The van der Waals surface area contributed by atoms with E-state index in [2.05, 4.69) is 21.0 Å². The Balaban J connectivity index is 2.17. The van der Waals surface area contributed by atoms with Crippen LogP contribution in [0.1, 0.15) is 43.5 Å². The molecule has 0 unspecified atom stereocenters. The molecular formula is C23H28ClN3O6S. The monoisotopic (exact) mass is 509 g/mol. The van der Waals surface area contributed by atoms with Gasteiger partial charge in [0.25, 0.3) is 15.7 Å². The highest BCUT2D eigenvalue weighted by molar-refractivity contribution is 7.86. The molecule has 1 fully saturated rings. The maximum absolute atomic E-state index is 13.6. The molecule has 184 valence electrons. The summed E-state index contributed by atoms with van der Waals surface area (Å²) in [4.78, 5) is 31.5. The molecule has 1 aliphatic rings. The average Bonchev–Trinajstić information content (AvgIpc) is 2.75. The number of hydrogen-bond donors (Lipinski definition) is 0. The van der Waals surface area contributed by atoms with E-state index in [9.17, 15) is 18.0 Å². The molecular weight excluding hydrogens is 482 g/mol. The Labute approximate surface area is 204 Å². The van der Waals surface area contributed by atoms with Gasteiger partial charge in [-0.05, 0) is 32.8 Å². The number of amides is 1. The Hall–Kier alpha value is -2.45. The second kappa shape index (κ2) is 10.0. The molecule has 0 atom stereocenters. The van der Waals surface area contributed by atoms with Gasteiger partial charge in [0, 0.05) is 39.1 Å². The van der Waals surface area contributed by atoms with Gasteiger partial charge in [-0.3, -0.25) is 13.8 Å². The lowest BCUT2D eigenvalue weighted by atomic mass is 9.84. The third-order valence-corrected chi connectivity index (χ3v) is 6.82. The minimum atomic E-state index is -3.63. The molecule has 3 rings (SSSR count). The summed E-state index contributed by atoms with van der Waals surface area (Å²) in [5.74, 6) is 5.53. The number of piperidine rings is 1. The Morgan fingerprint density at radius 3 is 2.53 bits per heavy atom. The largest absolute Gasteiger partial charge is 0.370 e. The van der Waals surface area contributed by atoms with Crippen LogP contribution in [0.4, 0.5) is 0 Å². The van der Waals surface area contributed by atoms with Crippen LogP contribution in [0.2, 0.25) is 5.15 Å². The molecule has 2 aromatic rings. The van der Waals surface area contributed by atoms with Crippen molar-refractivity contribution in [3.63, 3.8) is 0 Å². The van der Waals surface area contributed by atoms with Gasteiger partial charge in [-0.2, -0.15) is 8.42 Å². The third-order valence-electron chi connectivity index (χ3n) is 5.99. The number of aromatic nitrogens is 2. The van der Waals surface area contributed by atoms with Crippen molar-refractivity contribution < 1.29 is 22.1 Å². The number of carbonyl (C=O) groups excluding carboxylic acids is 1. The van der Waals surface area contributed by atoms with Crippen LogP contribution in [0.3, 0.4) is 0 Å². The van der Waals surface area contributed by atoms with E-state index in [0.717, 1.165) is 6.26 Å². The predicted octanol–water partition coefficient (Wildman–Crippen LogP) is 2.10. The first-order valence-electron chi connectivity index (χ1n) is 10.8. The number of nitrogens with zero attached hydrogens (tertiary/aromatic N) is 3. The topological polar surface area (TPSA) is 108 Å². The van der Waals surface area contributed by atoms with Crippen molar-refractivity contribution >= 4 is 38.5 Å². The molecule has 0 N–H and O–H groups in total. The van der Waals surface area contributed by atoms with Crippen LogP contribution in [-0.2, 0) is 36.5 Å². The van der Waals surface area contributed by atoms with Crippen molar-refractivity contribution in [2.24, 2.45) is 7.05 Å². The fraction of sp³-hybridized carbons (Fsp3) is 0.522. The van der Waals surface area contributed by atoms with Crippen LogP contribution in [0, 0.1) is 18.8 Å². The van der Waals surface area contributed by atoms with Crippen LogP contribution in [0.5, 0.6) is 0 Å². The van der Waals surface area contributed by atoms with Gasteiger partial charge in [-0.15, -0.1) is 0 Å². The number of halogens is 1. The van der Waals surface area contributed by atoms with Gasteiger partial charge in [0.05, 0.1) is 28.6 Å². The first kappa shape index (κ1) is 26.2. The Morgan fingerprint density at radius 2 is 1.97 bits per heavy atom. The first-order chi connectivity index (χ1) is 15.9. The molecule has 0 saturated carbocycles. The molecule has 9 nitrogen and oxygen atoms in total. The van der Waals surface area contributed by atoms with Crippen LogP contribution in [0.25, 0.3) is 10.9 Å². The van der Waals surface area contributed by atoms with Crippen LogP contribution in [0.15, 0.2) is 10.9 Å². The highest BCUT2D eigenvalue weighted by atomic mass is 35.5. The average molecular weight is 510 g/mol. The number of pyridine rings is 2. The quantitative estimate of drug-likeness (QED) is 0.345. The molecule has 0 aliphatic carbocycles. The maximum atomic E-state index is 13.6. The highest BCUT2D eigenvalue weighted by Crippen LogP contribution is 2.37. The molecule has 1 amide bonds. The summed E-state index contributed by atoms with van der Waals surface area (Å²) in [5.41, 5.74) is 0.799. The molecule has 3 heterocycles. The van der Waals surface area contributed by atoms with E-state index in [1.165, 1.54) is 11.5 Å². The van der Waals surface area contributed by atoms with Crippen molar-refractivity contribution in [1.29, 1.82) is 0 Å². The Morgan fingerprint density at radius 1 is 1.32 bits per heavy atom. The second-order valence-electron chi connectivity index (χ2n) is 8.25. The minimum absolute atomic E-state index is 0.0118. The van der Waals surface area contributed by atoms with Gasteiger partial charge in [-0.25, -0.2) is 4.98 Å². The number of aryl methyl sites for hydroxylation is 2. The summed E-state index contributed by atoms with van der Waals surface area (Å²) in [6.45, 7) is 6.15. The van der Waals surface area contributed by atoms with Crippen molar-refractivity contribution in [3.8, 4) is 11.8 Å². The molecule has 2 aromatic heterocycles. The lowest BCUT2D eigenvalue weighted by molar-refractivity contribution is -0.136. The van der Waals surface area contributed by atoms with E-state index >= 15 is 0 Å². The second-order valence-corrected chi connectivity index (χ2v) is 10.3. The molecule has 1 saturated heterocycles. The van der Waals surface area contributed by atoms with Crippen LogP contribution < -0.4 is 5.56 Å². The summed E-state index contributed by atoms with van der Waals surface area (Å²) in [5, 5.41) is 0.751. The third kappa shape index (κ3) is 5.28. The molecule has 0 bridgehead atoms. The highest BCUT2D eigenvalue weighted by Gasteiger charge is 2.40. The van der Waals surface area contributed by atoms with Gasteiger partial charge in [0.1, 0.15) is 17.4 Å². The molecule has 0 radical (unpaired) electrons. The molecule has 0 aromatic carbocycles. The van der Waals surface area contributed by atoms with Gasteiger partial charge in [0.15, 0.2) is 0 Å². The smallest absolute Gasteiger partial charge is 0.265 e.